The highest BCUT2D eigenvalue weighted by atomic mass is 35.5. The van der Waals surface area contributed by atoms with Gasteiger partial charge in [-0.15, -0.1) is 0 Å². The zero-order valence-electron chi connectivity index (χ0n) is 10.4. The number of hydrogen-bond donors (Lipinski definition) is 1. The van der Waals surface area contributed by atoms with Crippen molar-refractivity contribution < 1.29 is 4.79 Å². The number of halogens is 1. The van der Waals surface area contributed by atoms with Gasteiger partial charge in [0.25, 0.3) is 0 Å². The van der Waals surface area contributed by atoms with Crippen LogP contribution in [0.25, 0.3) is 0 Å². The van der Waals surface area contributed by atoms with E-state index in [4.69, 9.17) is 16.9 Å². The van der Waals surface area contributed by atoms with Crippen molar-refractivity contribution in [3.63, 3.8) is 0 Å². The van der Waals surface area contributed by atoms with Gasteiger partial charge in [0.1, 0.15) is 12.6 Å². The summed E-state index contributed by atoms with van der Waals surface area (Å²) in [6, 6.07) is 14.7. The molecule has 1 heterocycles. The van der Waals surface area contributed by atoms with Crippen LogP contribution in [0.15, 0.2) is 42.5 Å². The minimum Gasteiger partial charge on any atom is -0.330 e. The SMILES string of the molecule is N#Cc1ccc(N2CC(=O)Nc3ccccc32)cc1Cl. The van der Waals surface area contributed by atoms with E-state index in [9.17, 15) is 4.79 Å². The molecule has 5 heteroatoms. The smallest absolute Gasteiger partial charge is 0.244 e. The van der Waals surface area contributed by atoms with Crippen LogP contribution in [0.5, 0.6) is 0 Å². The van der Waals surface area contributed by atoms with Gasteiger partial charge in [-0.3, -0.25) is 4.79 Å². The molecule has 98 valence electrons. The van der Waals surface area contributed by atoms with Crippen LogP contribution >= 0.6 is 11.6 Å². The van der Waals surface area contributed by atoms with E-state index in [1.807, 2.05) is 35.2 Å². The molecular weight excluding hydrogens is 274 g/mol. The summed E-state index contributed by atoms with van der Waals surface area (Å²) in [5.41, 5.74) is 2.89. The number of amides is 1. The van der Waals surface area contributed by atoms with Gasteiger partial charge < -0.3 is 10.2 Å². The molecule has 20 heavy (non-hydrogen) atoms. The van der Waals surface area contributed by atoms with Gasteiger partial charge in [0.2, 0.25) is 5.91 Å². The van der Waals surface area contributed by atoms with Crippen LogP contribution in [0, 0.1) is 11.3 Å². The summed E-state index contributed by atoms with van der Waals surface area (Å²) in [7, 11) is 0. The van der Waals surface area contributed by atoms with Crippen molar-refractivity contribution >= 4 is 34.6 Å². The van der Waals surface area contributed by atoms with E-state index in [1.54, 1.807) is 18.2 Å². The van der Waals surface area contributed by atoms with Crippen LogP contribution in [0.3, 0.4) is 0 Å². The van der Waals surface area contributed by atoms with Gasteiger partial charge in [-0.05, 0) is 30.3 Å². The summed E-state index contributed by atoms with van der Waals surface area (Å²) in [6.45, 7) is 0.221. The molecule has 1 aliphatic heterocycles. The number of nitrogens with zero attached hydrogens (tertiary/aromatic N) is 2. The number of nitriles is 1. The van der Waals surface area contributed by atoms with Crippen molar-refractivity contribution in [2.45, 2.75) is 0 Å². The molecule has 2 aromatic rings. The monoisotopic (exact) mass is 283 g/mol. The number of anilines is 3. The second kappa shape index (κ2) is 4.87. The molecule has 0 bridgehead atoms. The minimum absolute atomic E-state index is 0.0795. The van der Waals surface area contributed by atoms with E-state index in [2.05, 4.69) is 5.32 Å². The lowest BCUT2D eigenvalue weighted by Gasteiger charge is -2.31. The molecule has 0 spiro atoms. The van der Waals surface area contributed by atoms with Crippen molar-refractivity contribution in [1.82, 2.24) is 0 Å². The lowest BCUT2D eigenvalue weighted by molar-refractivity contribution is -0.115. The van der Waals surface area contributed by atoms with Crippen LogP contribution in [0.1, 0.15) is 5.56 Å². The molecule has 4 nitrogen and oxygen atoms in total. The first-order valence-corrected chi connectivity index (χ1v) is 6.43. The fourth-order valence-electron chi connectivity index (χ4n) is 2.23. The Morgan fingerprint density at radius 2 is 2.05 bits per heavy atom. The summed E-state index contributed by atoms with van der Waals surface area (Å²) in [6.07, 6.45) is 0. The highest BCUT2D eigenvalue weighted by Gasteiger charge is 2.23. The number of hydrogen-bond acceptors (Lipinski definition) is 3. The number of para-hydroxylation sites is 2. The highest BCUT2D eigenvalue weighted by Crippen LogP contribution is 2.36. The first-order chi connectivity index (χ1) is 9.69. The number of fused-ring (bicyclic) bond motifs is 1. The third-order valence-electron chi connectivity index (χ3n) is 3.16. The molecule has 0 radical (unpaired) electrons. The number of carbonyl (C=O) groups is 1. The molecule has 0 unspecified atom stereocenters. The minimum atomic E-state index is -0.0795. The van der Waals surface area contributed by atoms with Gasteiger partial charge in [0.05, 0.1) is 22.0 Å². The predicted octanol–water partition coefficient (Wildman–Crippen LogP) is 3.30. The Hall–Kier alpha value is -2.51. The van der Waals surface area contributed by atoms with Gasteiger partial charge in [-0.2, -0.15) is 5.26 Å². The first kappa shape index (κ1) is 12.5. The summed E-state index contributed by atoms with van der Waals surface area (Å²) >= 11 is 6.06. The Bertz CT molecular complexity index is 736. The van der Waals surface area contributed by atoms with Gasteiger partial charge in [-0.1, -0.05) is 23.7 Å². The maximum Gasteiger partial charge on any atom is 0.244 e. The van der Waals surface area contributed by atoms with Crippen molar-refractivity contribution in [2.24, 2.45) is 0 Å². The molecule has 1 aliphatic rings. The number of nitrogens with one attached hydrogen (secondary N) is 1. The molecule has 0 saturated heterocycles. The van der Waals surface area contributed by atoms with Crippen LogP contribution in [-0.4, -0.2) is 12.5 Å². The zero-order chi connectivity index (χ0) is 14.1. The first-order valence-electron chi connectivity index (χ1n) is 6.05. The summed E-state index contributed by atoms with van der Waals surface area (Å²) in [5.74, 6) is -0.0795. The van der Waals surface area contributed by atoms with Gasteiger partial charge >= 0.3 is 0 Å². The van der Waals surface area contributed by atoms with Crippen molar-refractivity contribution in [1.29, 1.82) is 5.26 Å². The van der Waals surface area contributed by atoms with Gasteiger partial charge in [0.15, 0.2) is 0 Å². The quantitative estimate of drug-likeness (QED) is 0.873. The molecule has 3 rings (SSSR count). The molecule has 0 saturated carbocycles. The molecule has 0 atom stereocenters. The fraction of sp³-hybridized carbons (Fsp3) is 0.0667. The van der Waals surface area contributed by atoms with E-state index in [-0.39, 0.29) is 12.5 Å². The third kappa shape index (κ3) is 2.09. The van der Waals surface area contributed by atoms with E-state index in [0.717, 1.165) is 17.1 Å². The molecule has 0 fully saturated rings. The highest BCUT2D eigenvalue weighted by molar-refractivity contribution is 6.32. The third-order valence-corrected chi connectivity index (χ3v) is 3.47. The predicted molar refractivity (Wildman–Crippen MR) is 78.2 cm³/mol. The standard InChI is InChI=1S/C15H10ClN3O/c16-12-7-11(6-5-10(12)8-17)19-9-15(20)18-13-3-1-2-4-14(13)19/h1-7H,9H2,(H,18,20). The maximum absolute atomic E-state index is 11.8. The van der Waals surface area contributed by atoms with Crippen LogP contribution in [-0.2, 0) is 4.79 Å². The molecule has 1 amide bonds. The lowest BCUT2D eigenvalue weighted by Crippen LogP contribution is -2.34. The maximum atomic E-state index is 11.8. The number of carbonyl (C=O) groups excluding carboxylic acids is 1. The average Bonchev–Trinajstić information content (AvgIpc) is 2.46. The summed E-state index contributed by atoms with van der Waals surface area (Å²) in [4.78, 5) is 13.7. The largest absolute Gasteiger partial charge is 0.330 e. The van der Waals surface area contributed by atoms with Crippen molar-refractivity contribution in [3.8, 4) is 6.07 Å². The second-order valence-corrected chi connectivity index (χ2v) is 4.83. The Balaban J connectivity index is 2.09. The summed E-state index contributed by atoms with van der Waals surface area (Å²) in [5, 5.41) is 12.1. The van der Waals surface area contributed by atoms with Gasteiger partial charge in [-0.25, -0.2) is 0 Å². The van der Waals surface area contributed by atoms with Crippen LogP contribution in [0.2, 0.25) is 5.02 Å². The topological polar surface area (TPSA) is 56.1 Å². The Labute approximate surface area is 121 Å². The second-order valence-electron chi connectivity index (χ2n) is 4.43. The number of benzene rings is 2. The van der Waals surface area contributed by atoms with Crippen molar-refractivity contribution in [2.75, 3.05) is 16.8 Å². The zero-order valence-corrected chi connectivity index (χ0v) is 11.2. The molecule has 2 aromatic carbocycles. The Kier molecular flexibility index (Phi) is 3.05. The molecule has 0 aromatic heterocycles. The number of rotatable bonds is 1. The molecular formula is C15H10ClN3O. The molecule has 1 N–H and O–H groups in total. The van der Waals surface area contributed by atoms with E-state index in [0.29, 0.717) is 10.6 Å². The van der Waals surface area contributed by atoms with Crippen molar-refractivity contribution in [3.05, 3.63) is 53.1 Å². The molecule has 0 aliphatic carbocycles. The Morgan fingerprint density at radius 1 is 1.25 bits per heavy atom. The normalized spacial score (nSPS) is 13.4. The van der Waals surface area contributed by atoms with E-state index >= 15 is 0 Å². The van der Waals surface area contributed by atoms with E-state index in [1.165, 1.54) is 0 Å². The van der Waals surface area contributed by atoms with E-state index < -0.39 is 0 Å². The fourth-order valence-corrected chi connectivity index (χ4v) is 2.44. The van der Waals surface area contributed by atoms with Crippen LogP contribution in [0.4, 0.5) is 17.1 Å². The van der Waals surface area contributed by atoms with Gasteiger partial charge in [0, 0.05) is 5.69 Å². The Morgan fingerprint density at radius 3 is 2.80 bits per heavy atom. The van der Waals surface area contributed by atoms with Crippen LogP contribution < -0.4 is 10.2 Å². The lowest BCUT2D eigenvalue weighted by atomic mass is 10.1. The average molecular weight is 284 g/mol. The summed E-state index contributed by atoms with van der Waals surface area (Å²) < 4.78 is 0.